The highest BCUT2D eigenvalue weighted by atomic mass is 19.4. The number of carbonyl (C=O) groups is 2. The molecule has 0 amide bonds. The lowest BCUT2D eigenvalue weighted by Gasteiger charge is -2.55. The van der Waals surface area contributed by atoms with Crippen molar-refractivity contribution in [1.29, 1.82) is 0 Å². The number of carboxylic acids is 2. The molecule has 0 saturated carbocycles. The lowest BCUT2D eigenvalue weighted by atomic mass is 9.71. The van der Waals surface area contributed by atoms with E-state index in [9.17, 15) is 18.0 Å². The quantitative estimate of drug-likeness (QED) is 0.420. The Morgan fingerprint density at radius 3 is 2.02 bits per heavy atom. The second kappa shape index (κ2) is 13.3. The second-order valence-electron chi connectivity index (χ2n) is 10.2. The monoisotopic (exact) mass is 565 g/mol. The molecule has 2 aromatic rings. The Kier molecular flexibility index (Phi) is 10.3. The maximum absolute atomic E-state index is 11.1. The van der Waals surface area contributed by atoms with Gasteiger partial charge < -0.3 is 24.7 Å². The third-order valence-electron chi connectivity index (χ3n) is 7.53. The van der Waals surface area contributed by atoms with Gasteiger partial charge in [0.15, 0.2) is 0 Å². The number of hydrogen-bond acceptors (Lipinski definition) is 6. The molecule has 40 heavy (non-hydrogen) atoms. The molecule has 8 nitrogen and oxygen atoms in total. The van der Waals surface area contributed by atoms with Gasteiger partial charge in [0.2, 0.25) is 0 Å². The molecule has 2 N–H and O–H groups in total. The highest BCUT2D eigenvalue weighted by Crippen LogP contribution is 2.43. The van der Waals surface area contributed by atoms with Gasteiger partial charge in [-0.25, -0.2) is 9.59 Å². The van der Waals surface area contributed by atoms with Crippen LogP contribution in [0.5, 0.6) is 5.75 Å². The third kappa shape index (κ3) is 7.80. The molecule has 0 atom stereocenters. The first kappa shape index (κ1) is 31.1. The number of aliphatic carboxylic acids is 1. The van der Waals surface area contributed by atoms with Gasteiger partial charge >= 0.3 is 18.1 Å². The zero-order valence-electron chi connectivity index (χ0n) is 23.2. The third-order valence-corrected chi connectivity index (χ3v) is 7.53. The number of halogens is 3. The van der Waals surface area contributed by atoms with Gasteiger partial charge in [-0.2, -0.15) is 13.2 Å². The van der Waals surface area contributed by atoms with Gasteiger partial charge in [0.1, 0.15) is 5.75 Å². The number of aromatic carboxylic acids is 1. The van der Waals surface area contributed by atoms with Gasteiger partial charge in [-0.3, -0.25) is 4.90 Å². The summed E-state index contributed by atoms with van der Waals surface area (Å²) in [6, 6.07) is 14.0. The Morgan fingerprint density at radius 1 is 0.975 bits per heavy atom. The molecule has 0 radical (unpaired) electrons. The lowest BCUT2D eigenvalue weighted by molar-refractivity contribution is -0.192. The number of piperidine rings is 1. The molecule has 4 rings (SSSR count). The normalized spacial score (nSPS) is 16.5. The Morgan fingerprint density at radius 2 is 1.55 bits per heavy atom. The van der Waals surface area contributed by atoms with Crippen LogP contribution in [0.3, 0.4) is 0 Å². The fraction of sp³-hybridized carbons (Fsp3) is 0.517. The summed E-state index contributed by atoms with van der Waals surface area (Å²) in [5.41, 5.74) is 4.39. The number of benzene rings is 2. The highest BCUT2D eigenvalue weighted by Gasteiger charge is 2.44. The van der Waals surface area contributed by atoms with Crippen LogP contribution in [0, 0.1) is 5.41 Å². The number of hydrogen-bond donors (Lipinski definition) is 2. The minimum Gasteiger partial charge on any atom is -0.492 e. The Bertz CT molecular complexity index is 1140. The van der Waals surface area contributed by atoms with Crippen molar-refractivity contribution >= 4 is 23.3 Å². The summed E-state index contributed by atoms with van der Waals surface area (Å²) in [6.07, 6.45) is -2.65. The maximum Gasteiger partial charge on any atom is 0.490 e. The SMILES string of the molecule is CCOc1cc(CN2CCC3(CC2)CN(c2ccc(C(=O)O)cc2)C3)ccc1N(CC)CC.O=C(O)C(F)(F)F. The van der Waals surface area contributed by atoms with Gasteiger partial charge in [-0.15, -0.1) is 0 Å². The van der Waals surface area contributed by atoms with Crippen molar-refractivity contribution in [2.75, 3.05) is 55.7 Å². The first-order valence-corrected chi connectivity index (χ1v) is 13.5. The summed E-state index contributed by atoms with van der Waals surface area (Å²) in [7, 11) is 0. The zero-order valence-corrected chi connectivity index (χ0v) is 23.2. The first-order chi connectivity index (χ1) is 18.9. The van der Waals surface area contributed by atoms with Crippen molar-refractivity contribution in [2.45, 2.75) is 46.3 Å². The summed E-state index contributed by atoms with van der Waals surface area (Å²) >= 11 is 0. The van der Waals surface area contributed by atoms with Crippen LogP contribution in [0.2, 0.25) is 0 Å². The number of nitrogens with zero attached hydrogens (tertiary/aromatic N) is 3. The summed E-state index contributed by atoms with van der Waals surface area (Å²) in [5, 5.41) is 16.2. The Balaban J connectivity index is 0.000000559. The van der Waals surface area contributed by atoms with Gasteiger partial charge in [-0.05, 0) is 88.7 Å². The van der Waals surface area contributed by atoms with Crippen LogP contribution in [0.25, 0.3) is 0 Å². The lowest BCUT2D eigenvalue weighted by Crippen LogP contribution is -2.60. The van der Waals surface area contributed by atoms with Crippen molar-refractivity contribution in [3.05, 3.63) is 53.6 Å². The van der Waals surface area contributed by atoms with Gasteiger partial charge in [0, 0.05) is 43.8 Å². The number of alkyl halides is 3. The maximum atomic E-state index is 11.1. The largest absolute Gasteiger partial charge is 0.492 e. The molecule has 0 aromatic heterocycles. The summed E-state index contributed by atoms with van der Waals surface area (Å²) in [5.74, 6) is -2.63. The van der Waals surface area contributed by atoms with Crippen molar-refractivity contribution in [1.82, 2.24) is 4.90 Å². The molecule has 1 spiro atoms. The van der Waals surface area contributed by atoms with E-state index in [4.69, 9.17) is 19.7 Å². The van der Waals surface area contributed by atoms with Crippen LogP contribution in [0.4, 0.5) is 24.5 Å². The molecule has 2 aliphatic rings. The molecule has 2 aliphatic heterocycles. The van der Waals surface area contributed by atoms with E-state index >= 15 is 0 Å². The number of carboxylic acid groups (broad SMARTS) is 2. The van der Waals surface area contributed by atoms with Gasteiger partial charge in [0.05, 0.1) is 17.9 Å². The fourth-order valence-corrected chi connectivity index (χ4v) is 5.27. The topological polar surface area (TPSA) is 93.6 Å². The number of likely N-dealkylation sites (tertiary alicyclic amines) is 1. The summed E-state index contributed by atoms with van der Waals surface area (Å²) < 4.78 is 37.7. The predicted octanol–water partition coefficient (Wildman–Crippen LogP) is 5.37. The molecule has 2 fully saturated rings. The molecule has 2 heterocycles. The molecule has 0 aliphatic carbocycles. The van der Waals surface area contributed by atoms with Crippen LogP contribution in [0.15, 0.2) is 42.5 Å². The van der Waals surface area contributed by atoms with E-state index in [1.165, 1.54) is 24.1 Å². The van der Waals surface area contributed by atoms with Crippen LogP contribution in [-0.4, -0.2) is 79.1 Å². The molecule has 11 heteroatoms. The van der Waals surface area contributed by atoms with E-state index in [1.54, 1.807) is 12.1 Å². The molecule has 2 saturated heterocycles. The standard InChI is InChI=1S/C27H37N3O3.C2HF3O2/c1-4-29(5-2)24-12-7-21(17-25(24)33-6-3)18-28-15-13-27(14-16-28)19-30(20-27)23-10-8-22(9-11-23)26(31)32;3-2(4,5)1(6)7/h7-12,17H,4-6,13-16,18-20H2,1-3H3,(H,31,32);(H,6,7). The van der Waals surface area contributed by atoms with Crippen molar-refractivity contribution in [3.8, 4) is 5.75 Å². The van der Waals surface area contributed by atoms with E-state index in [0.29, 0.717) is 17.6 Å². The summed E-state index contributed by atoms with van der Waals surface area (Å²) in [4.78, 5) is 27.3. The van der Waals surface area contributed by atoms with Crippen molar-refractivity contribution in [3.63, 3.8) is 0 Å². The smallest absolute Gasteiger partial charge is 0.490 e. The first-order valence-electron chi connectivity index (χ1n) is 13.5. The number of anilines is 2. The molecule has 0 unspecified atom stereocenters. The van der Waals surface area contributed by atoms with Crippen LogP contribution < -0.4 is 14.5 Å². The predicted molar refractivity (Wildman–Crippen MR) is 147 cm³/mol. The molecular formula is C29H38F3N3O5. The summed E-state index contributed by atoms with van der Waals surface area (Å²) in [6.45, 7) is 14.4. The molecular weight excluding hydrogens is 527 g/mol. The van der Waals surface area contributed by atoms with Gasteiger partial charge in [0.25, 0.3) is 0 Å². The van der Waals surface area contributed by atoms with E-state index < -0.39 is 18.1 Å². The molecule has 0 bridgehead atoms. The minimum absolute atomic E-state index is 0.347. The molecule has 220 valence electrons. The van der Waals surface area contributed by atoms with E-state index in [1.807, 2.05) is 19.1 Å². The van der Waals surface area contributed by atoms with Crippen LogP contribution >= 0.6 is 0 Å². The van der Waals surface area contributed by atoms with Crippen LogP contribution in [0.1, 0.15) is 49.5 Å². The zero-order chi connectivity index (χ0) is 29.5. The van der Waals surface area contributed by atoms with Crippen molar-refractivity contribution in [2.24, 2.45) is 5.41 Å². The highest BCUT2D eigenvalue weighted by molar-refractivity contribution is 5.88. The Labute approximate surface area is 232 Å². The van der Waals surface area contributed by atoms with E-state index in [-0.39, 0.29) is 0 Å². The van der Waals surface area contributed by atoms with Gasteiger partial charge in [-0.1, -0.05) is 6.07 Å². The molecule has 2 aromatic carbocycles. The second-order valence-corrected chi connectivity index (χ2v) is 10.2. The number of ether oxygens (including phenoxy) is 1. The van der Waals surface area contributed by atoms with E-state index in [2.05, 4.69) is 46.7 Å². The average Bonchev–Trinajstić information content (AvgIpc) is 2.90. The van der Waals surface area contributed by atoms with E-state index in [0.717, 1.165) is 57.3 Å². The fourth-order valence-electron chi connectivity index (χ4n) is 5.27. The van der Waals surface area contributed by atoms with Crippen LogP contribution in [-0.2, 0) is 11.3 Å². The minimum atomic E-state index is -5.08. The Hall–Kier alpha value is -3.47. The average molecular weight is 566 g/mol. The van der Waals surface area contributed by atoms with Crippen molar-refractivity contribution < 1.29 is 37.7 Å². The number of rotatable bonds is 9.